The lowest BCUT2D eigenvalue weighted by atomic mass is 9.94. The molecule has 0 aliphatic carbocycles. The third-order valence-electron chi connectivity index (χ3n) is 4.62. The van der Waals surface area contributed by atoms with Gasteiger partial charge in [0.1, 0.15) is 6.04 Å². The molecule has 28 heavy (non-hydrogen) atoms. The van der Waals surface area contributed by atoms with Crippen molar-refractivity contribution in [3.05, 3.63) is 34.9 Å². The minimum absolute atomic E-state index is 0.0809. The number of carbonyl (C=O) groups excluding carboxylic acids is 2. The SMILES string of the molecule is C[C@@H](NS(=O)(=O)N1CCC(CC(=O)NCc2ccc(Cl)cc2)CC1)C(=O)NO. The summed E-state index contributed by atoms with van der Waals surface area (Å²) in [5, 5.41) is 12.1. The lowest BCUT2D eigenvalue weighted by Gasteiger charge is -2.31. The topological polar surface area (TPSA) is 128 Å². The summed E-state index contributed by atoms with van der Waals surface area (Å²) in [5.74, 6) is -0.826. The second kappa shape index (κ2) is 10.2. The minimum Gasteiger partial charge on any atom is -0.352 e. The van der Waals surface area contributed by atoms with Gasteiger partial charge in [0.2, 0.25) is 5.91 Å². The van der Waals surface area contributed by atoms with Crippen LogP contribution in [0.15, 0.2) is 24.3 Å². The first kappa shape index (κ1) is 22.6. The zero-order chi connectivity index (χ0) is 20.7. The molecule has 0 unspecified atom stereocenters. The van der Waals surface area contributed by atoms with Gasteiger partial charge >= 0.3 is 0 Å². The van der Waals surface area contributed by atoms with Crippen LogP contribution >= 0.6 is 11.6 Å². The van der Waals surface area contributed by atoms with Crippen molar-refractivity contribution in [3.63, 3.8) is 0 Å². The Balaban J connectivity index is 1.76. The van der Waals surface area contributed by atoms with Crippen LogP contribution in [-0.2, 0) is 26.3 Å². The summed E-state index contributed by atoms with van der Waals surface area (Å²) in [6.07, 6.45) is 1.43. The molecule has 0 spiro atoms. The van der Waals surface area contributed by atoms with E-state index >= 15 is 0 Å². The quantitative estimate of drug-likeness (QED) is 0.356. The Kier molecular flexibility index (Phi) is 8.20. The number of rotatable bonds is 8. The van der Waals surface area contributed by atoms with Gasteiger partial charge < -0.3 is 5.32 Å². The summed E-state index contributed by atoms with van der Waals surface area (Å²) in [4.78, 5) is 23.4. The average Bonchev–Trinajstić information content (AvgIpc) is 2.67. The molecule has 0 radical (unpaired) electrons. The molecular formula is C17H25ClN4O5S. The second-order valence-corrected chi connectivity index (χ2v) is 8.91. The summed E-state index contributed by atoms with van der Waals surface area (Å²) in [5.41, 5.74) is 2.36. The van der Waals surface area contributed by atoms with E-state index in [9.17, 15) is 18.0 Å². The Morgan fingerprint density at radius 2 is 1.86 bits per heavy atom. The van der Waals surface area contributed by atoms with E-state index in [0.717, 1.165) is 5.56 Å². The highest BCUT2D eigenvalue weighted by Gasteiger charge is 2.31. The van der Waals surface area contributed by atoms with Crippen molar-refractivity contribution < 1.29 is 23.2 Å². The molecule has 9 nitrogen and oxygen atoms in total. The van der Waals surface area contributed by atoms with Gasteiger partial charge in [-0.1, -0.05) is 23.7 Å². The number of hydrogen-bond donors (Lipinski definition) is 4. The van der Waals surface area contributed by atoms with Crippen LogP contribution in [0, 0.1) is 5.92 Å². The molecule has 1 saturated heterocycles. The number of piperidine rings is 1. The molecule has 0 bridgehead atoms. The Morgan fingerprint density at radius 3 is 2.43 bits per heavy atom. The molecule has 2 rings (SSSR count). The van der Waals surface area contributed by atoms with Gasteiger partial charge in [0.05, 0.1) is 0 Å². The third-order valence-corrected chi connectivity index (χ3v) is 6.57. The van der Waals surface area contributed by atoms with Crippen LogP contribution in [0.4, 0.5) is 0 Å². The van der Waals surface area contributed by atoms with Crippen LogP contribution in [0.5, 0.6) is 0 Å². The molecule has 0 saturated carbocycles. The molecule has 1 heterocycles. The Labute approximate surface area is 169 Å². The molecule has 1 aliphatic heterocycles. The van der Waals surface area contributed by atoms with Gasteiger partial charge in [0.15, 0.2) is 0 Å². The van der Waals surface area contributed by atoms with Gasteiger partial charge in [-0.25, -0.2) is 5.48 Å². The smallest absolute Gasteiger partial charge is 0.280 e. The van der Waals surface area contributed by atoms with Crippen molar-refractivity contribution in [1.29, 1.82) is 0 Å². The zero-order valence-electron chi connectivity index (χ0n) is 15.5. The third kappa shape index (κ3) is 6.71. The number of hydroxylamine groups is 1. The number of halogens is 1. The van der Waals surface area contributed by atoms with E-state index in [1.54, 1.807) is 12.1 Å². The molecule has 156 valence electrons. The fourth-order valence-corrected chi connectivity index (χ4v) is 4.46. The molecular weight excluding hydrogens is 408 g/mol. The van der Waals surface area contributed by atoms with Crippen LogP contribution in [0.1, 0.15) is 31.7 Å². The molecule has 0 aromatic heterocycles. The second-order valence-electron chi connectivity index (χ2n) is 6.77. The van der Waals surface area contributed by atoms with Gasteiger partial charge in [0, 0.05) is 31.1 Å². The Bertz CT molecular complexity index is 779. The van der Waals surface area contributed by atoms with Gasteiger partial charge in [-0.15, -0.1) is 0 Å². The lowest BCUT2D eigenvalue weighted by Crippen LogP contribution is -2.51. The number of carbonyl (C=O) groups is 2. The maximum absolute atomic E-state index is 12.3. The lowest BCUT2D eigenvalue weighted by molar-refractivity contribution is -0.130. The van der Waals surface area contributed by atoms with Crippen molar-refractivity contribution in [1.82, 2.24) is 19.8 Å². The molecule has 1 aliphatic rings. The average molecular weight is 433 g/mol. The number of hydrogen-bond acceptors (Lipinski definition) is 5. The number of nitrogens with one attached hydrogen (secondary N) is 3. The van der Waals surface area contributed by atoms with E-state index in [2.05, 4.69) is 10.0 Å². The highest BCUT2D eigenvalue weighted by molar-refractivity contribution is 7.87. The maximum atomic E-state index is 12.3. The highest BCUT2D eigenvalue weighted by atomic mass is 35.5. The largest absolute Gasteiger partial charge is 0.352 e. The molecule has 4 N–H and O–H groups in total. The van der Waals surface area contributed by atoms with Crippen molar-refractivity contribution in [2.24, 2.45) is 5.92 Å². The Hall–Kier alpha value is -1.72. The molecule has 1 fully saturated rings. The first-order chi connectivity index (χ1) is 13.2. The van der Waals surface area contributed by atoms with Gasteiger partial charge in [-0.05, 0) is 43.4 Å². The van der Waals surface area contributed by atoms with Gasteiger partial charge in [0.25, 0.3) is 16.1 Å². The van der Waals surface area contributed by atoms with Crippen molar-refractivity contribution in [2.45, 2.75) is 38.8 Å². The number of amides is 2. The van der Waals surface area contributed by atoms with Crippen LogP contribution in [-0.4, -0.2) is 48.9 Å². The van der Waals surface area contributed by atoms with E-state index in [-0.39, 0.29) is 24.9 Å². The summed E-state index contributed by atoms with van der Waals surface area (Å²) >= 11 is 5.83. The van der Waals surface area contributed by atoms with E-state index in [1.165, 1.54) is 16.7 Å². The van der Waals surface area contributed by atoms with Crippen molar-refractivity contribution in [3.8, 4) is 0 Å². The van der Waals surface area contributed by atoms with E-state index in [4.69, 9.17) is 16.8 Å². The van der Waals surface area contributed by atoms with Crippen molar-refractivity contribution >= 4 is 33.6 Å². The zero-order valence-corrected chi connectivity index (χ0v) is 17.1. The monoisotopic (exact) mass is 432 g/mol. The normalized spacial score (nSPS) is 17.1. The van der Waals surface area contributed by atoms with Gasteiger partial charge in [-0.2, -0.15) is 17.4 Å². The van der Waals surface area contributed by atoms with E-state index < -0.39 is 22.2 Å². The summed E-state index contributed by atoms with van der Waals surface area (Å²) in [7, 11) is -3.84. The minimum atomic E-state index is -3.84. The highest BCUT2D eigenvalue weighted by Crippen LogP contribution is 2.22. The number of nitrogens with zero attached hydrogens (tertiary/aromatic N) is 1. The van der Waals surface area contributed by atoms with Gasteiger partial charge in [-0.3, -0.25) is 14.8 Å². The van der Waals surface area contributed by atoms with Crippen LogP contribution in [0.2, 0.25) is 5.02 Å². The van der Waals surface area contributed by atoms with Crippen LogP contribution < -0.4 is 15.5 Å². The molecule has 1 atom stereocenters. The predicted molar refractivity (Wildman–Crippen MR) is 104 cm³/mol. The first-order valence-electron chi connectivity index (χ1n) is 8.93. The summed E-state index contributed by atoms with van der Waals surface area (Å²) in [6, 6.07) is 6.12. The molecule has 1 aromatic rings. The van der Waals surface area contributed by atoms with Crippen LogP contribution in [0.25, 0.3) is 0 Å². The van der Waals surface area contributed by atoms with Crippen molar-refractivity contribution in [2.75, 3.05) is 13.1 Å². The molecule has 2 amide bonds. The molecule has 11 heteroatoms. The fraction of sp³-hybridized carbons (Fsp3) is 0.529. The first-order valence-corrected chi connectivity index (χ1v) is 10.8. The maximum Gasteiger partial charge on any atom is 0.280 e. The summed E-state index contributed by atoms with van der Waals surface area (Å²) in [6.45, 7) is 2.27. The standard InChI is InChI=1S/C17H25ClN4O5S/c1-12(17(24)20-25)21-28(26,27)22-8-6-13(7-9-22)10-16(23)19-11-14-2-4-15(18)5-3-14/h2-5,12-13,21,25H,6-11H2,1H3,(H,19,23)(H,20,24)/t12-/m1/s1. The molecule has 1 aromatic carbocycles. The fourth-order valence-electron chi connectivity index (χ4n) is 2.94. The Morgan fingerprint density at radius 1 is 1.25 bits per heavy atom. The predicted octanol–water partition coefficient (Wildman–Crippen LogP) is 0.787. The van der Waals surface area contributed by atoms with E-state index in [1.807, 2.05) is 12.1 Å². The summed E-state index contributed by atoms with van der Waals surface area (Å²) < 4.78 is 28.0. The van der Waals surface area contributed by atoms with E-state index in [0.29, 0.717) is 30.8 Å². The van der Waals surface area contributed by atoms with Crippen LogP contribution in [0.3, 0.4) is 0 Å². The number of benzene rings is 1.